The lowest BCUT2D eigenvalue weighted by atomic mass is 10.1. The number of nitrogens with zero attached hydrogens (tertiary/aromatic N) is 2. The first-order chi connectivity index (χ1) is 6.72. The van der Waals surface area contributed by atoms with Gasteiger partial charge in [-0.1, -0.05) is 6.92 Å². The zero-order valence-corrected chi connectivity index (χ0v) is 7.93. The second-order valence-corrected chi connectivity index (χ2v) is 3.44. The van der Waals surface area contributed by atoms with E-state index in [0.717, 1.165) is 13.0 Å². The molecule has 1 aliphatic heterocycles. The van der Waals surface area contributed by atoms with E-state index in [9.17, 15) is 4.79 Å². The highest BCUT2D eigenvalue weighted by atomic mass is 16.5. The van der Waals surface area contributed by atoms with Crippen LogP contribution in [-0.4, -0.2) is 27.5 Å². The summed E-state index contributed by atoms with van der Waals surface area (Å²) in [5.74, 6) is -0.160. The Hall–Kier alpha value is -1.52. The number of aromatic carboxylic acids is 1. The van der Waals surface area contributed by atoms with E-state index >= 15 is 0 Å². The zero-order chi connectivity index (χ0) is 10.1. The molecule has 0 amide bonds. The number of aromatic nitrogens is 2. The highest BCUT2D eigenvalue weighted by molar-refractivity contribution is 5.90. The van der Waals surface area contributed by atoms with Crippen LogP contribution in [0.3, 0.4) is 0 Å². The van der Waals surface area contributed by atoms with Crippen molar-refractivity contribution in [3.05, 3.63) is 11.8 Å². The zero-order valence-electron chi connectivity index (χ0n) is 7.93. The molecule has 0 saturated carbocycles. The summed E-state index contributed by atoms with van der Waals surface area (Å²) in [6.45, 7) is 3.42. The molecule has 0 fully saturated rings. The van der Waals surface area contributed by atoms with Crippen molar-refractivity contribution in [2.75, 3.05) is 6.61 Å². The molecule has 0 aliphatic carbocycles. The van der Waals surface area contributed by atoms with Gasteiger partial charge in [0.2, 0.25) is 5.88 Å². The Morgan fingerprint density at radius 2 is 2.64 bits per heavy atom. The van der Waals surface area contributed by atoms with Gasteiger partial charge >= 0.3 is 5.97 Å². The van der Waals surface area contributed by atoms with Crippen molar-refractivity contribution >= 4 is 5.97 Å². The Bertz CT molecular complexity index is 359. The summed E-state index contributed by atoms with van der Waals surface area (Å²) in [6, 6.07) is 0. The van der Waals surface area contributed by atoms with Crippen LogP contribution in [0.1, 0.15) is 23.7 Å². The monoisotopic (exact) mass is 196 g/mol. The largest absolute Gasteiger partial charge is 0.477 e. The van der Waals surface area contributed by atoms with Crippen molar-refractivity contribution in [3.8, 4) is 5.88 Å². The fourth-order valence-corrected chi connectivity index (χ4v) is 1.54. The molecule has 1 aromatic rings. The van der Waals surface area contributed by atoms with Gasteiger partial charge < -0.3 is 9.84 Å². The summed E-state index contributed by atoms with van der Waals surface area (Å²) in [5.41, 5.74) is 0.152. The highest BCUT2D eigenvalue weighted by Crippen LogP contribution is 2.25. The number of carbonyl (C=O) groups is 1. The molecule has 0 spiro atoms. The number of rotatable bonds is 2. The summed E-state index contributed by atoms with van der Waals surface area (Å²) in [5, 5.41) is 12.8. The van der Waals surface area contributed by atoms with Gasteiger partial charge in [-0.2, -0.15) is 5.10 Å². The normalized spacial score (nSPS) is 19.9. The van der Waals surface area contributed by atoms with E-state index < -0.39 is 5.97 Å². The number of carboxylic acids is 1. The van der Waals surface area contributed by atoms with Crippen LogP contribution in [0.5, 0.6) is 5.88 Å². The standard InChI is InChI=1S/C9H12N2O3/c1-2-6-4-11-8(14-5-6)7(3-10-11)9(12)13/h3,6H,2,4-5H2,1H3,(H,12,13)/t6-/m0/s1. The average molecular weight is 196 g/mol. The molecule has 1 aliphatic rings. The third-order valence-electron chi connectivity index (χ3n) is 2.49. The van der Waals surface area contributed by atoms with Gasteiger partial charge in [0.15, 0.2) is 0 Å². The molecule has 5 nitrogen and oxygen atoms in total. The first kappa shape index (κ1) is 9.05. The maximum Gasteiger partial charge on any atom is 0.342 e. The van der Waals surface area contributed by atoms with Crippen LogP contribution >= 0.6 is 0 Å². The van der Waals surface area contributed by atoms with Gasteiger partial charge in [0.05, 0.1) is 19.3 Å². The fraction of sp³-hybridized carbons (Fsp3) is 0.556. The molecule has 0 radical (unpaired) electrons. The molecular weight excluding hydrogens is 184 g/mol. The van der Waals surface area contributed by atoms with Crippen LogP contribution in [0.2, 0.25) is 0 Å². The molecule has 1 aromatic heterocycles. The van der Waals surface area contributed by atoms with E-state index in [1.54, 1.807) is 4.68 Å². The van der Waals surface area contributed by atoms with Gasteiger partial charge in [0, 0.05) is 5.92 Å². The first-order valence-electron chi connectivity index (χ1n) is 4.64. The third-order valence-corrected chi connectivity index (χ3v) is 2.49. The van der Waals surface area contributed by atoms with Crippen LogP contribution in [0.15, 0.2) is 6.20 Å². The topological polar surface area (TPSA) is 64.3 Å². The van der Waals surface area contributed by atoms with E-state index in [-0.39, 0.29) is 5.56 Å². The van der Waals surface area contributed by atoms with Crippen molar-refractivity contribution < 1.29 is 14.6 Å². The average Bonchev–Trinajstić information content (AvgIpc) is 2.59. The number of hydrogen-bond donors (Lipinski definition) is 1. The summed E-state index contributed by atoms with van der Waals surface area (Å²) >= 11 is 0. The van der Waals surface area contributed by atoms with Crippen LogP contribution in [-0.2, 0) is 6.54 Å². The molecule has 0 unspecified atom stereocenters. The van der Waals surface area contributed by atoms with Gasteiger partial charge in [-0.3, -0.25) is 0 Å². The van der Waals surface area contributed by atoms with Crippen molar-refractivity contribution in [1.29, 1.82) is 0 Å². The molecule has 14 heavy (non-hydrogen) atoms. The van der Waals surface area contributed by atoms with Crippen molar-refractivity contribution in [3.63, 3.8) is 0 Å². The summed E-state index contributed by atoms with van der Waals surface area (Å²) in [4.78, 5) is 10.8. The van der Waals surface area contributed by atoms with Crippen molar-refractivity contribution in [2.45, 2.75) is 19.9 Å². The maximum absolute atomic E-state index is 10.8. The van der Waals surface area contributed by atoms with Gasteiger partial charge in [0.25, 0.3) is 0 Å². The lowest BCUT2D eigenvalue weighted by molar-refractivity contribution is 0.0686. The molecular formula is C9H12N2O3. The van der Waals surface area contributed by atoms with Crippen molar-refractivity contribution in [2.24, 2.45) is 5.92 Å². The molecule has 2 rings (SSSR count). The predicted octanol–water partition coefficient (Wildman–Crippen LogP) is 1.000. The van der Waals surface area contributed by atoms with E-state index in [0.29, 0.717) is 18.4 Å². The van der Waals surface area contributed by atoms with Gasteiger partial charge in [-0.05, 0) is 6.42 Å². The minimum absolute atomic E-state index is 0.152. The molecule has 5 heteroatoms. The Labute approximate surface area is 81.3 Å². The summed E-state index contributed by atoms with van der Waals surface area (Å²) < 4.78 is 7.01. The van der Waals surface area contributed by atoms with Gasteiger partial charge in [0.1, 0.15) is 5.56 Å². The first-order valence-corrected chi connectivity index (χ1v) is 4.64. The Balaban J connectivity index is 2.29. The molecule has 2 heterocycles. The third kappa shape index (κ3) is 1.34. The molecule has 0 saturated heterocycles. The molecule has 1 atom stereocenters. The van der Waals surface area contributed by atoms with Crippen LogP contribution in [0.25, 0.3) is 0 Å². The van der Waals surface area contributed by atoms with Crippen LogP contribution < -0.4 is 4.74 Å². The minimum Gasteiger partial charge on any atom is -0.477 e. The Kier molecular flexibility index (Phi) is 2.15. The van der Waals surface area contributed by atoms with Gasteiger partial charge in [-0.25, -0.2) is 9.48 Å². The maximum atomic E-state index is 10.8. The van der Waals surface area contributed by atoms with Gasteiger partial charge in [-0.15, -0.1) is 0 Å². The van der Waals surface area contributed by atoms with E-state index in [2.05, 4.69) is 12.0 Å². The summed E-state index contributed by atoms with van der Waals surface area (Å²) in [6.07, 6.45) is 2.36. The second-order valence-electron chi connectivity index (χ2n) is 3.44. The predicted molar refractivity (Wildman–Crippen MR) is 48.5 cm³/mol. The SMILES string of the molecule is CC[C@@H]1COc2c(C(=O)O)cnn2C1. The highest BCUT2D eigenvalue weighted by Gasteiger charge is 2.24. The molecule has 1 N–H and O–H groups in total. The van der Waals surface area contributed by atoms with E-state index in [1.807, 2.05) is 0 Å². The molecule has 0 bridgehead atoms. The minimum atomic E-state index is -0.985. The van der Waals surface area contributed by atoms with Crippen LogP contribution in [0, 0.1) is 5.92 Å². The van der Waals surface area contributed by atoms with E-state index in [4.69, 9.17) is 9.84 Å². The Morgan fingerprint density at radius 1 is 1.86 bits per heavy atom. The smallest absolute Gasteiger partial charge is 0.342 e. The Morgan fingerprint density at radius 3 is 3.29 bits per heavy atom. The molecule has 0 aromatic carbocycles. The summed E-state index contributed by atoms with van der Waals surface area (Å²) in [7, 11) is 0. The second kappa shape index (κ2) is 3.32. The number of ether oxygens (including phenoxy) is 1. The molecule has 76 valence electrons. The number of fused-ring (bicyclic) bond motifs is 1. The van der Waals surface area contributed by atoms with Crippen molar-refractivity contribution in [1.82, 2.24) is 9.78 Å². The lowest BCUT2D eigenvalue weighted by Gasteiger charge is -2.23. The number of hydrogen-bond acceptors (Lipinski definition) is 3. The van der Waals surface area contributed by atoms with Crippen LogP contribution in [0.4, 0.5) is 0 Å². The fourth-order valence-electron chi connectivity index (χ4n) is 1.54. The quantitative estimate of drug-likeness (QED) is 0.766. The number of carboxylic acid groups (broad SMARTS) is 1. The lowest BCUT2D eigenvalue weighted by Crippen LogP contribution is -2.25. The van der Waals surface area contributed by atoms with E-state index in [1.165, 1.54) is 6.20 Å².